The molecule has 3 nitrogen and oxygen atoms in total. The van der Waals surface area contributed by atoms with Gasteiger partial charge >= 0.3 is 0 Å². The molecule has 0 saturated heterocycles. The van der Waals surface area contributed by atoms with Gasteiger partial charge in [0.1, 0.15) is 11.9 Å². The zero-order chi connectivity index (χ0) is 11.1. The largest absolute Gasteiger partial charge is 0.488 e. The molecule has 0 fully saturated rings. The van der Waals surface area contributed by atoms with E-state index in [0.717, 1.165) is 13.1 Å². The van der Waals surface area contributed by atoms with E-state index in [9.17, 15) is 0 Å². The van der Waals surface area contributed by atoms with Crippen molar-refractivity contribution in [2.45, 2.75) is 13.0 Å². The molecule has 0 radical (unpaired) electrons. The highest BCUT2D eigenvalue weighted by molar-refractivity contribution is 6.30. The molecule has 0 bridgehead atoms. The molecule has 0 aromatic carbocycles. The highest BCUT2D eigenvalue weighted by Crippen LogP contribution is 2.16. The molecule has 1 aromatic heterocycles. The van der Waals surface area contributed by atoms with Crippen molar-refractivity contribution < 1.29 is 4.74 Å². The third kappa shape index (κ3) is 4.81. The number of hydrogen-bond acceptors (Lipinski definition) is 3. The van der Waals surface area contributed by atoms with E-state index >= 15 is 0 Å². The van der Waals surface area contributed by atoms with E-state index in [2.05, 4.69) is 16.9 Å². The Morgan fingerprint density at radius 1 is 1.67 bits per heavy atom. The average Bonchev–Trinajstić information content (AvgIpc) is 2.18. The maximum Gasteiger partial charge on any atom is 0.139 e. The molecule has 4 heteroatoms. The standard InChI is InChI=1S/C11H15ClN2O/c1-3-4-13-6-9(2)15-11-5-10(12)7-14-8-11/h3,5,7-9,13H,1,4,6H2,2H3. The lowest BCUT2D eigenvalue weighted by molar-refractivity contribution is 0.218. The molecule has 1 atom stereocenters. The fourth-order valence-corrected chi connectivity index (χ4v) is 1.28. The van der Waals surface area contributed by atoms with Crippen LogP contribution >= 0.6 is 11.6 Å². The molecule has 1 rings (SSSR count). The van der Waals surface area contributed by atoms with Crippen molar-refractivity contribution in [1.82, 2.24) is 10.3 Å². The molecule has 82 valence electrons. The van der Waals surface area contributed by atoms with Crippen LogP contribution in [0.2, 0.25) is 5.02 Å². The Labute approximate surface area is 95.1 Å². The van der Waals surface area contributed by atoms with E-state index in [1.54, 1.807) is 18.5 Å². The molecule has 0 aliphatic carbocycles. The topological polar surface area (TPSA) is 34.1 Å². The first-order chi connectivity index (χ1) is 7.22. The molecular weight excluding hydrogens is 212 g/mol. The van der Waals surface area contributed by atoms with Crippen LogP contribution in [-0.2, 0) is 0 Å². The molecule has 0 aliphatic rings. The zero-order valence-electron chi connectivity index (χ0n) is 8.74. The van der Waals surface area contributed by atoms with Crippen molar-refractivity contribution in [1.29, 1.82) is 0 Å². The van der Waals surface area contributed by atoms with Crippen LogP contribution in [0.25, 0.3) is 0 Å². The van der Waals surface area contributed by atoms with Crippen LogP contribution in [0.4, 0.5) is 0 Å². The summed E-state index contributed by atoms with van der Waals surface area (Å²) >= 11 is 5.78. The SMILES string of the molecule is C=CCNCC(C)Oc1cncc(Cl)c1. The number of halogens is 1. The van der Waals surface area contributed by atoms with Crippen LogP contribution in [0.15, 0.2) is 31.1 Å². The van der Waals surface area contributed by atoms with Gasteiger partial charge in [-0.15, -0.1) is 6.58 Å². The summed E-state index contributed by atoms with van der Waals surface area (Å²) in [4.78, 5) is 3.94. The van der Waals surface area contributed by atoms with E-state index < -0.39 is 0 Å². The lowest BCUT2D eigenvalue weighted by Gasteiger charge is -2.14. The molecule has 0 spiro atoms. The van der Waals surface area contributed by atoms with Crippen molar-refractivity contribution in [3.8, 4) is 5.75 Å². The highest BCUT2D eigenvalue weighted by Gasteiger charge is 2.03. The number of rotatable bonds is 6. The molecule has 1 unspecified atom stereocenters. The molecule has 15 heavy (non-hydrogen) atoms. The molecule has 0 saturated carbocycles. The van der Waals surface area contributed by atoms with E-state index in [0.29, 0.717) is 10.8 Å². The number of ether oxygens (including phenoxy) is 1. The predicted molar refractivity (Wildman–Crippen MR) is 62.4 cm³/mol. The molecule has 0 amide bonds. The van der Waals surface area contributed by atoms with Gasteiger partial charge in [0.05, 0.1) is 11.2 Å². The first-order valence-electron chi connectivity index (χ1n) is 4.81. The fraction of sp³-hybridized carbons (Fsp3) is 0.364. The summed E-state index contributed by atoms with van der Waals surface area (Å²) in [5.41, 5.74) is 0. The van der Waals surface area contributed by atoms with E-state index in [-0.39, 0.29) is 6.10 Å². The second kappa shape index (κ2) is 6.43. The van der Waals surface area contributed by atoms with Crippen molar-refractivity contribution in [2.24, 2.45) is 0 Å². The van der Waals surface area contributed by atoms with Gasteiger partial charge in [0.15, 0.2) is 0 Å². The minimum Gasteiger partial charge on any atom is -0.488 e. The Morgan fingerprint density at radius 2 is 2.47 bits per heavy atom. The smallest absolute Gasteiger partial charge is 0.139 e. The maximum atomic E-state index is 5.78. The summed E-state index contributed by atoms with van der Waals surface area (Å²) in [5.74, 6) is 0.690. The van der Waals surface area contributed by atoms with Gasteiger partial charge in [-0.2, -0.15) is 0 Å². The number of aromatic nitrogens is 1. The second-order valence-corrected chi connectivity index (χ2v) is 3.65. The predicted octanol–water partition coefficient (Wildman–Crippen LogP) is 2.28. The molecule has 0 aliphatic heterocycles. The van der Waals surface area contributed by atoms with Crippen LogP contribution < -0.4 is 10.1 Å². The van der Waals surface area contributed by atoms with Crippen LogP contribution in [0.3, 0.4) is 0 Å². The number of nitrogens with one attached hydrogen (secondary N) is 1. The first-order valence-corrected chi connectivity index (χ1v) is 5.19. The summed E-state index contributed by atoms with van der Waals surface area (Å²) < 4.78 is 5.60. The maximum absolute atomic E-state index is 5.78. The van der Waals surface area contributed by atoms with Gasteiger partial charge in [0.25, 0.3) is 0 Å². The van der Waals surface area contributed by atoms with Crippen molar-refractivity contribution >= 4 is 11.6 Å². The van der Waals surface area contributed by atoms with Crippen molar-refractivity contribution in [2.75, 3.05) is 13.1 Å². The summed E-state index contributed by atoms with van der Waals surface area (Å²) in [7, 11) is 0. The minimum atomic E-state index is 0.0743. The minimum absolute atomic E-state index is 0.0743. The Morgan fingerprint density at radius 3 is 3.13 bits per heavy atom. The van der Waals surface area contributed by atoms with E-state index in [4.69, 9.17) is 16.3 Å². The van der Waals surface area contributed by atoms with Crippen LogP contribution in [0, 0.1) is 0 Å². The summed E-state index contributed by atoms with van der Waals surface area (Å²) in [6, 6.07) is 1.75. The Balaban J connectivity index is 2.37. The lowest BCUT2D eigenvalue weighted by atomic mass is 10.4. The van der Waals surface area contributed by atoms with Crippen molar-refractivity contribution in [3.63, 3.8) is 0 Å². The Bertz CT molecular complexity index is 317. The summed E-state index contributed by atoms with van der Waals surface area (Å²) in [5, 5.41) is 3.76. The van der Waals surface area contributed by atoms with Gasteiger partial charge in [-0.05, 0) is 6.92 Å². The highest BCUT2D eigenvalue weighted by atomic mass is 35.5. The summed E-state index contributed by atoms with van der Waals surface area (Å²) in [6.07, 6.45) is 5.11. The van der Waals surface area contributed by atoms with E-state index in [1.807, 2.05) is 13.0 Å². The van der Waals surface area contributed by atoms with Gasteiger partial charge in [-0.25, -0.2) is 0 Å². The molecule has 1 aromatic rings. The molecule has 1 heterocycles. The van der Waals surface area contributed by atoms with E-state index in [1.165, 1.54) is 0 Å². The molecule has 1 N–H and O–H groups in total. The zero-order valence-corrected chi connectivity index (χ0v) is 9.50. The van der Waals surface area contributed by atoms with Crippen LogP contribution in [0.5, 0.6) is 5.75 Å². The first kappa shape index (κ1) is 12.0. The second-order valence-electron chi connectivity index (χ2n) is 3.21. The number of hydrogen-bond donors (Lipinski definition) is 1. The van der Waals surface area contributed by atoms with Gasteiger partial charge in [0, 0.05) is 25.4 Å². The van der Waals surface area contributed by atoms with Crippen molar-refractivity contribution in [3.05, 3.63) is 36.1 Å². The monoisotopic (exact) mass is 226 g/mol. The number of nitrogens with zero attached hydrogens (tertiary/aromatic N) is 1. The van der Waals surface area contributed by atoms with Gasteiger partial charge in [-0.3, -0.25) is 4.98 Å². The normalized spacial score (nSPS) is 12.1. The van der Waals surface area contributed by atoms with Crippen LogP contribution in [-0.4, -0.2) is 24.2 Å². The Kier molecular flexibility index (Phi) is 5.15. The summed E-state index contributed by atoms with van der Waals surface area (Å²) in [6.45, 7) is 7.15. The number of pyridine rings is 1. The van der Waals surface area contributed by atoms with Gasteiger partial charge in [-0.1, -0.05) is 17.7 Å². The van der Waals surface area contributed by atoms with Gasteiger partial charge < -0.3 is 10.1 Å². The quantitative estimate of drug-likeness (QED) is 0.597. The lowest BCUT2D eigenvalue weighted by Crippen LogP contribution is -2.28. The third-order valence-electron chi connectivity index (χ3n) is 1.74. The average molecular weight is 227 g/mol. The third-order valence-corrected chi connectivity index (χ3v) is 1.94. The molecular formula is C11H15ClN2O. The fourth-order valence-electron chi connectivity index (χ4n) is 1.12. The Hall–Kier alpha value is -1.06. The van der Waals surface area contributed by atoms with Crippen LogP contribution in [0.1, 0.15) is 6.92 Å². The van der Waals surface area contributed by atoms with Gasteiger partial charge in [0.2, 0.25) is 0 Å².